The molecule has 2 amide bonds. The van der Waals surface area contributed by atoms with Gasteiger partial charge in [0.2, 0.25) is 5.91 Å². The Morgan fingerprint density at radius 1 is 0.879 bits per heavy atom. The minimum Gasteiger partial charge on any atom is -0.368 e. The quantitative estimate of drug-likeness (QED) is 0.705. The van der Waals surface area contributed by atoms with Crippen molar-refractivity contribution >= 4 is 23.2 Å². The summed E-state index contributed by atoms with van der Waals surface area (Å²) in [7, 11) is 0. The largest absolute Gasteiger partial charge is 0.368 e. The number of aryl methyl sites for hydroxylation is 2. The van der Waals surface area contributed by atoms with Crippen LogP contribution < -0.4 is 20.4 Å². The van der Waals surface area contributed by atoms with Crippen LogP contribution in [-0.2, 0) is 4.79 Å². The van der Waals surface area contributed by atoms with Crippen molar-refractivity contribution in [1.29, 1.82) is 0 Å². The Hall–Kier alpha value is -3.02. The van der Waals surface area contributed by atoms with E-state index in [1.165, 1.54) is 16.9 Å². The van der Waals surface area contributed by atoms with E-state index in [4.69, 9.17) is 0 Å². The molecule has 0 spiro atoms. The fourth-order valence-electron chi connectivity index (χ4n) is 5.00. The summed E-state index contributed by atoms with van der Waals surface area (Å²) in [6.07, 6.45) is 4.40. The lowest BCUT2D eigenvalue weighted by atomic mass is 10.1. The molecule has 0 bridgehead atoms. The second-order valence-corrected chi connectivity index (χ2v) is 9.45. The molecule has 4 rings (SSSR count). The summed E-state index contributed by atoms with van der Waals surface area (Å²) in [5, 5.41) is 5.91. The van der Waals surface area contributed by atoms with Crippen molar-refractivity contribution in [2.45, 2.75) is 58.5 Å². The molecule has 1 unspecified atom stereocenters. The average molecular weight is 449 g/mol. The SMILES string of the molecule is Cc1ccccc1N1CCN(c2ccc(C(=O)NC(C)C(=O)NC3CCCC3)cc2C)CC1. The first kappa shape index (κ1) is 23.1. The maximum absolute atomic E-state index is 12.8. The van der Waals surface area contributed by atoms with Gasteiger partial charge in [-0.05, 0) is 69.0 Å². The molecule has 176 valence electrons. The van der Waals surface area contributed by atoms with Crippen LogP contribution in [0.1, 0.15) is 54.1 Å². The van der Waals surface area contributed by atoms with E-state index < -0.39 is 6.04 Å². The van der Waals surface area contributed by atoms with E-state index in [-0.39, 0.29) is 17.9 Å². The molecule has 0 radical (unpaired) electrons. The number of benzene rings is 2. The topological polar surface area (TPSA) is 64.7 Å². The van der Waals surface area contributed by atoms with Crippen LogP contribution in [0.3, 0.4) is 0 Å². The molecule has 33 heavy (non-hydrogen) atoms. The monoisotopic (exact) mass is 448 g/mol. The van der Waals surface area contributed by atoms with Crippen LogP contribution in [0.2, 0.25) is 0 Å². The molecule has 0 aromatic heterocycles. The number of rotatable bonds is 6. The van der Waals surface area contributed by atoms with Gasteiger partial charge in [-0.3, -0.25) is 9.59 Å². The minimum absolute atomic E-state index is 0.102. The third kappa shape index (κ3) is 5.49. The predicted octanol–water partition coefficient (Wildman–Crippen LogP) is 3.81. The number of nitrogens with one attached hydrogen (secondary N) is 2. The molecule has 2 fully saturated rings. The lowest BCUT2D eigenvalue weighted by molar-refractivity contribution is -0.123. The Kier molecular flexibility index (Phi) is 7.21. The summed E-state index contributed by atoms with van der Waals surface area (Å²) < 4.78 is 0. The highest BCUT2D eigenvalue weighted by Gasteiger charge is 2.23. The standard InChI is InChI=1S/C27H36N4O2/c1-19-8-4-7-11-24(19)30-14-16-31(17-15-30)25-13-12-22(18-20(25)2)27(33)28-21(3)26(32)29-23-9-5-6-10-23/h4,7-8,11-13,18,21,23H,5-6,9-10,14-17H2,1-3H3,(H,28,33)(H,29,32). The molecule has 1 aliphatic heterocycles. The molecule has 6 nitrogen and oxygen atoms in total. The summed E-state index contributed by atoms with van der Waals surface area (Å²) in [6, 6.07) is 14.1. The Morgan fingerprint density at radius 2 is 1.48 bits per heavy atom. The Balaban J connectivity index is 1.33. The lowest BCUT2D eigenvalue weighted by Gasteiger charge is -2.38. The van der Waals surface area contributed by atoms with Crippen LogP contribution in [0.25, 0.3) is 0 Å². The zero-order valence-electron chi connectivity index (χ0n) is 20.1. The van der Waals surface area contributed by atoms with Gasteiger partial charge in [0.15, 0.2) is 0 Å². The van der Waals surface area contributed by atoms with Gasteiger partial charge in [0.1, 0.15) is 6.04 Å². The summed E-state index contributed by atoms with van der Waals surface area (Å²) >= 11 is 0. The van der Waals surface area contributed by atoms with Crippen LogP contribution in [0.5, 0.6) is 0 Å². The number of piperazine rings is 1. The van der Waals surface area contributed by atoms with Gasteiger partial charge in [-0.1, -0.05) is 31.0 Å². The Morgan fingerprint density at radius 3 is 2.09 bits per heavy atom. The molecule has 1 atom stereocenters. The Bertz CT molecular complexity index is 991. The molecule has 1 saturated carbocycles. The van der Waals surface area contributed by atoms with E-state index in [0.717, 1.165) is 57.4 Å². The van der Waals surface area contributed by atoms with Gasteiger partial charge in [0, 0.05) is 49.2 Å². The molecular formula is C27H36N4O2. The van der Waals surface area contributed by atoms with Crippen LogP contribution in [0, 0.1) is 13.8 Å². The lowest BCUT2D eigenvalue weighted by Crippen LogP contribution is -2.47. The molecule has 2 aromatic rings. The molecule has 1 aliphatic carbocycles. The highest BCUT2D eigenvalue weighted by atomic mass is 16.2. The molecule has 2 aromatic carbocycles. The number of hydrogen-bond donors (Lipinski definition) is 2. The van der Waals surface area contributed by atoms with E-state index in [1.807, 2.05) is 18.2 Å². The van der Waals surface area contributed by atoms with Gasteiger partial charge in [-0.15, -0.1) is 0 Å². The number of nitrogens with zero attached hydrogens (tertiary/aromatic N) is 2. The van der Waals surface area contributed by atoms with Crippen LogP contribution in [-0.4, -0.2) is 50.1 Å². The molecule has 2 aliphatic rings. The number of carbonyl (C=O) groups is 2. The first-order valence-electron chi connectivity index (χ1n) is 12.2. The summed E-state index contributed by atoms with van der Waals surface area (Å²) in [5.41, 5.74) is 5.46. The number of amides is 2. The normalized spacial score (nSPS) is 17.7. The summed E-state index contributed by atoms with van der Waals surface area (Å²) in [4.78, 5) is 30.0. The van der Waals surface area contributed by atoms with Crippen LogP contribution in [0.15, 0.2) is 42.5 Å². The zero-order valence-corrected chi connectivity index (χ0v) is 20.1. The third-order valence-electron chi connectivity index (χ3n) is 6.98. The van der Waals surface area contributed by atoms with Gasteiger partial charge in [-0.25, -0.2) is 0 Å². The highest BCUT2D eigenvalue weighted by Crippen LogP contribution is 2.26. The molecule has 2 N–H and O–H groups in total. The first-order valence-corrected chi connectivity index (χ1v) is 12.2. The molecule has 1 heterocycles. The zero-order chi connectivity index (χ0) is 23.4. The number of carbonyl (C=O) groups excluding carboxylic acids is 2. The molecule has 1 saturated heterocycles. The van der Waals surface area contributed by atoms with Crippen molar-refractivity contribution < 1.29 is 9.59 Å². The highest BCUT2D eigenvalue weighted by molar-refractivity contribution is 5.98. The van der Waals surface area contributed by atoms with E-state index in [9.17, 15) is 9.59 Å². The number of anilines is 2. The van der Waals surface area contributed by atoms with Gasteiger partial charge in [-0.2, -0.15) is 0 Å². The van der Waals surface area contributed by atoms with Crippen LogP contribution >= 0.6 is 0 Å². The van der Waals surface area contributed by atoms with Crippen molar-refractivity contribution in [3.8, 4) is 0 Å². The van der Waals surface area contributed by atoms with Crippen molar-refractivity contribution in [2.75, 3.05) is 36.0 Å². The summed E-state index contributed by atoms with van der Waals surface area (Å²) in [6.45, 7) is 9.79. The van der Waals surface area contributed by atoms with Gasteiger partial charge >= 0.3 is 0 Å². The second kappa shape index (κ2) is 10.3. The van der Waals surface area contributed by atoms with Gasteiger partial charge < -0.3 is 20.4 Å². The molecular weight excluding hydrogens is 412 g/mol. The van der Waals surface area contributed by atoms with E-state index in [1.54, 1.807) is 6.92 Å². The van der Waals surface area contributed by atoms with Gasteiger partial charge in [0.05, 0.1) is 0 Å². The number of hydrogen-bond acceptors (Lipinski definition) is 4. The predicted molar refractivity (Wildman–Crippen MR) is 134 cm³/mol. The van der Waals surface area contributed by atoms with E-state index in [2.05, 4.69) is 58.5 Å². The minimum atomic E-state index is -0.549. The first-order chi connectivity index (χ1) is 15.9. The van der Waals surface area contributed by atoms with Crippen molar-refractivity contribution in [3.63, 3.8) is 0 Å². The Labute approximate surface area is 197 Å². The fourth-order valence-corrected chi connectivity index (χ4v) is 5.00. The average Bonchev–Trinajstić information content (AvgIpc) is 3.32. The third-order valence-corrected chi connectivity index (χ3v) is 6.98. The smallest absolute Gasteiger partial charge is 0.251 e. The second-order valence-electron chi connectivity index (χ2n) is 9.45. The van der Waals surface area contributed by atoms with Crippen LogP contribution in [0.4, 0.5) is 11.4 Å². The molecule has 6 heteroatoms. The van der Waals surface area contributed by atoms with E-state index >= 15 is 0 Å². The van der Waals surface area contributed by atoms with E-state index in [0.29, 0.717) is 5.56 Å². The maximum Gasteiger partial charge on any atom is 0.251 e. The maximum atomic E-state index is 12.8. The van der Waals surface area contributed by atoms with Crippen molar-refractivity contribution in [2.24, 2.45) is 0 Å². The fraction of sp³-hybridized carbons (Fsp3) is 0.481. The summed E-state index contributed by atoms with van der Waals surface area (Å²) in [5.74, 6) is -0.307. The van der Waals surface area contributed by atoms with Crippen molar-refractivity contribution in [3.05, 3.63) is 59.2 Å². The number of para-hydroxylation sites is 1. The van der Waals surface area contributed by atoms with Crippen molar-refractivity contribution in [1.82, 2.24) is 10.6 Å². The van der Waals surface area contributed by atoms with Gasteiger partial charge in [0.25, 0.3) is 5.91 Å².